The maximum atomic E-state index is 12.9. The van der Waals surface area contributed by atoms with Crippen LogP contribution in [0.15, 0.2) is 6.07 Å². The van der Waals surface area contributed by atoms with Crippen molar-refractivity contribution in [2.45, 2.75) is 45.6 Å². The smallest absolute Gasteiger partial charge is 0.394 e. The SMILES string of the molecule is CCOc1nc(C(=O)NC(C)(CC)C2CCN(C(=O)C(=O)O)CC2)cc(N)c1C#N. The fourth-order valence-corrected chi connectivity index (χ4v) is 3.67. The number of nitrogens with zero attached hydrogens (tertiary/aromatic N) is 3. The lowest BCUT2D eigenvalue weighted by molar-refractivity contribution is -0.156. The van der Waals surface area contributed by atoms with Gasteiger partial charge in [-0.1, -0.05) is 6.92 Å². The van der Waals surface area contributed by atoms with Crippen LogP contribution in [0.2, 0.25) is 0 Å². The highest BCUT2D eigenvalue weighted by atomic mass is 16.5. The lowest BCUT2D eigenvalue weighted by Crippen LogP contribution is -2.55. The van der Waals surface area contributed by atoms with Gasteiger partial charge >= 0.3 is 11.9 Å². The third-order valence-electron chi connectivity index (χ3n) is 5.64. The molecule has 10 heteroatoms. The van der Waals surface area contributed by atoms with E-state index in [2.05, 4.69) is 10.3 Å². The molecule has 10 nitrogen and oxygen atoms in total. The molecule has 0 radical (unpaired) electrons. The molecule has 1 unspecified atom stereocenters. The minimum Gasteiger partial charge on any atom is -0.477 e. The molecule has 1 aromatic heterocycles. The predicted molar refractivity (Wildman–Crippen MR) is 108 cm³/mol. The molecule has 162 valence electrons. The number of nitriles is 1. The van der Waals surface area contributed by atoms with Gasteiger partial charge in [0.2, 0.25) is 5.88 Å². The van der Waals surface area contributed by atoms with Crippen LogP contribution < -0.4 is 15.8 Å². The van der Waals surface area contributed by atoms with Gasteiger partial charge in [-0.15, -0.1) is 0 Å². The molecule has 2 rings (SSSR count). The zero-order valence-electron chi connectivity index (χ0n) is 17.4. The van der Waals surface area contributed by atoms with E-state index in [4.69, 9.17) is 15.6 Å². The molecule has 4 N–H and O–H groups in total. The molecular formula is C20H27N5O5. The largest absolute Gasteiger partial charge is 0.477 e. The van der Waals surface area contributed by atoms with Crippen molar-refractivity contribution >= 4 is 23.5 Å². The van der Waals surface area contributed by atoms with Crippen LogP contribution in [0.3, 0.4) is 0 Å². The van der Waals surface area contributed by atoms with Gasteiger partial charge in [-0.05, 0) is 45.1 Å². The Kier molecular flexibility index (Phi) is 7.21. The van der Waals surface area contributed by atoms with Crippen LogP contribution in [0.4, 0.5) is 5.69 Å². The van der Waals surface area contributed by atoms with Gasteiger partial charge in [0.25, 0.3) is 5.91 Å². The van der Waals surface area contributed by atoms with E-state index in [0.717, 1.165) is 0 Å². The molecule has 1 fully saturated rings. The third kappa shape index (κ3) is 4.79. The van der Waals surface area contributed by atoms with E-state index in [1.807, 2.05) is 19.9 Å². The summed E-state index contributed by atoms with van der Waals surface area (Å²) in [6.45, 7) is 6.51. The first-order chi connectivity index (χ1) is 14.2. The van der Waals surface area contributed by atoms with Gasteiger partial charge in [-0.3, -0.25) is 9.59 Å². The summed E-state index contributed by atoms with van der Waals surface area (Å²) >= 11 is 0. The summed E-state index contributed by atoms with van der Waals surface area (Å²) in [4.78, 5) is 40.9. The second-order valence-electron chi connectivity index (χ2n) is 7.42. The Morgan fingerprint density at radius 2 is 2.03 bits per heavy atom. The fourth-order valence-electron chi connectivity index (χ4n) is 3.67. The second kappa shape index (κ2) is 9.43. The number of nitrogens with one attached hydrogen (secondary N) is 1. The molecule has 0 saturated carbocycles. The molecule has 1 saturated heterocycles. The molecule has 30 heavy (non-hydrogen) atoms. The second-order valence-corrected chi connectivity index (χ2v) is 7.42. The Bertz CT molecular complexity index is 873. The van der Waals surface area contributed by atoms with Crippen LogP contribution in [0.5, 0.6) is 5.88 Å². The topological polar surface area (TPSA) is 159 Å². The molecular weight excluding hydrogens is 390 g/mol. The van der Waals surface area contributed by atoms with Crippen molar-refractivity contribution in [2.24, 2.45) is 5.92 Å². The molecule has 0 bridgehead atoms. The number of aromatic nitrogens is 1. The predicted octanol–water partition coefficient (Wildman–Crippen LogP) is 1.16. The molecule has 0 aromatic carbocycles. The standard InChI is InChI=1S/C20H27N5O5/c1-4-20(3,12-6-8-25(9-7-12)18(27)19(28)29)24-16(26)15-10-14(22)13(11-21)17(23-15)30-5-2/h10,12H,4-9H2,1-3H3,(H2,22,23)(H,24,26)(H,28,29). The Hall–Kier alpha value is -3.35. The van der Waals surface area contributed by atoms with E-state index in [1.165, 1.54) is 11.0 Å². The van der Waals surface area contributed by atoms with Crippen LogP contribution in [0, 0.1) is 17.2 Å². The van der Waals surface area contributed by atoms with Crippen molar-refractivity contribution < 1.29 is 24.2 Å². The maximum Gasteiger partial charge on any atom is 0.394 e. The van der Waals surface area contributed by atoms with Gasteiger partial charge in [0.05, 0.1) is 12.3 Å². The number of amides is 2. The number of carbonyl (C=O) groups is 3. The number of hydrogen-bond donors (Lipinski definition) is 3. The summed E-state index contributed by atoms with van der Waals surface area (Å²) in [7, 11) is 0. The molecule has 0 aliphatic carbocycles. The summed E-state index contributed by atoms with van der Waals surface area (Å²) in [5, 5.41) is 21.1. The van der Waals surface area contributed by atoms with Crippen molar-refractivity contribution in [3.63, 3.8) is 0 Å². The highest BCUT2D eigenvalue weighted by molar-refractivity contribution is 6.31. The highest BCUT2D eigenvalue weighted by Crippen LogP contribution is 2.31. The summed E-state index contributed by atoms with van der Waals surface area (Å²) in [6.07, 6.45) is 1.76. The summed E-state index contributed by atoms with van der Waals surface area (Å²) in [5.74, 6) is -2.75. The van der Waals surface area contributed by atoms with Gasteiger partial charge in [0, 0.05) is 18.6 Å². The van der Waals surface area contributed by atoms with E-state index in [0.29, 0.717) is 32.4 Å². The van der Waals surface area contributed by atoms with E-state index in [-0.39, 0.29) is 35.3 Å². The average Bonchev–Trinajstić information content (AvgIpc) is 2.73. The number of piperidine rings is 1. The molecule has 0 spiro atoms. The highest BCUT2D eigenvalue weighted by Gasteiger charge is 2.38. The molecule has 1 aliphatic heterocycles. The number of carbonyl (C=O) groups excluding carboxylic acids is 2. The number of nitrogens with two attached hydrogens (primary N) is 1. The number of anilines is 1. The Morgan fingerprint density at radius 3 is 2.53 bits per heavy atom. The summed E-state index contributed by atoms with van der Waals surface area (Å²) in [5.41, 5.74) is 5.55. The van der Waals surface area contributed by atoms with E-state index in [1.54, 1.807) is 6.92 Å². The van der Waals surface area contributed by atoms with Gasteiger partial charge in [0.15, 0.2) is 0 Å². The molecule has 1 aliphatic rings. The van der Waals surface area contributed by atoms with Crippen molar-refractivity contribution in [2.75, 3.05) is 25.4 Å². The number of nitrogen functional groups attached to an aromatic ring is 1. The number of ether oxygens (including phenoxy) is 1. The van der Waals surface area contributed by atoms with Crippen LogP contribution in [-0.2, 0) is 9.59 Å². The Morgan fingerprint density at radius 1 is 1.40 bits per heavy atom. The van der Waals surface area contributed by atoms with Crippen LogP contribution in [0.25, 0.3) is 0 Å². The monoisotopic (exact) mass is 417 g/mol. The fraction of sp³-hybridized carbons (Fsp3) is 0.550. The minimum atomic E-state index is -1.46. The zero-order chi connectivity index (χ0) is 22.5. The van der Waals surface area contributed by atoms with Gasteiger partial charge in [0.1, 0.15) is 17.3 Å². The minimum absolute atomic E-state index is 0.0174. The average molecular weight is 417 g/mol. The summed E-state index contributed by atoms with van der Waals surface area (Å²) < 4.78 is 5.35. The van der Waals surface area contributed by atoms with Crippen LogP contribution in [0.1, 0.15) is 56.1 Å². The number of carboxylic acid groups (broad SMARTS) is 1. The van der Waals surface area contributed by atoms with Crippen molar-refractivity contribution in [3.8, 4) is 11.9 Å². The number of rotatable bonds is 6. The Labute approximate surface area is 175 Å². The molecule has 2 heterocycles. The van der Waals surface area contributed by atoms with Crippen LogP contribution in [-0.4, -0.2) is 58.0 Å². The molecule has 2 amide bonds. The van der Waals surface area contributed by atoms with Crippen LogP contribution >= 0.6 is 0 Å². The van der Waals surface area contributed by atoms with Crippen molar-refractivity contribution in [3.05, 3.63) is 17.3 Å². The van der Waals surface area contributed by atoms with E-state index >= 15 is 0 Å². The van der Waals surface area contributed by atoms with E-state index < -0.39 is 23.3 Å². The number of hydrogen-bond acceptors (Lipinski definition) is 7. The van der Waals surface area contributed by atoms with Gasteiger partial charge < -0.3 is 25.8 Å². The first-order valence-electron chi connectivity index (χ1n) is 9.84. The third-order valence-corrected chi connectivity index (χ3v) is 5.64. The number of carboxylic acids is 1. The quantitative estimate of drug-likeness (QED) is 0.581. The van der Waals surface area contributed by atoms with Crippen molar-refractivity contribution in [1.82, 2.24) is 15.2 Å². The maximum absolute atomic E-state index is 12.9. The molecule has 1 aromatic rings. The number of likely N-dealkylation sites (tertiary alicyclic amines) is 1. The van der Waals surface area contributed by atoms with E-state index in [9.17, 15) is 19.6 Å². The first kappa shape index (κ1) is 22.9. The molecule has 1 atom stereocenters. The lowest BCUT2D eigenvalue weighted by atomic mass is 9.77. The van der Waals surface area contributed by atoms with Gasteiger partial charge in [-0.2, -0.15) is 5.26 Å². The first-order valence-corrected chi connectivity index (χ1v) is 9.84. The number of pyridine rings is 1. The summed E-state index contributed by atoms with van der Waals surface area (Å²) in [6, 6.07) is 3.28. The normalized spacial score (nSPS) is 16.3. The lowest BCUT2D eigenvalue weighted by Gasteiger charge is -2.42. The van der Waals surface area contributed by atoms with Gasteiger partial charge in [-0.25, -0.2) is 9.78 Å². The zero-order valence-corrected chi connectivity index (χ0v) is 17.4. The Balaban J connectivity index is 2.17. The number of aliphatic carboxylic acids is 1. The van der Waals surface area contributed by atoms with Crippen molar-refractivity contribution in [1.29, 1.82) is 5.26 Å².